The van der Waals surface area contributed by atoms with E-state index in [0.29, 0.717) is 264 Å². The van der Waals surface area contributed by atoms with Crippen LogP contribution in [0.1, 0.15) is 99.9 Å². The SMILES string of the molecule is CCOCCOCCN(CCOCCOCC)c1ccc(/C=C/c2cc(/C=C/c3ccc(N(CCOCCOCC)CCOCCOCC)cc3)c(/C=C/c3ccc(N(CCOCCOCC)CCOCCOCC)cc3)cc2/C=C/c2ccc(N(CCOCCOCC)CCOCCOCC)cc2)cc1. The number of hydrogen-bond acceptors (Lipinski definition) is 20. The third kappa shape index (κ3) is 40.7. The summed E-state index contributed by atoms with van der Waals surface area (Å²) in [4.78, 5) is 9.26. The number of nitrogens with zero attached hydrogens (tertiary/aromatic N) is 4. The maximum Gasteiger partial charge on any atom is 0.0701 e. The Morgan fingerprint density at radius 1 is 0.179 bits per heavy atom. The number of benzene rings is 5. The average molecular weight is 1480 g/mol. The first-order valence-corrected chi connectivity index (χ1v) is 38.9. The summed E-state index contributed by atoms with van der Waals surface area (Å²) in [5, 5.41) is 0. The molecule has 0 bridgehead atoms. The molecule has 0 spiro atoms. The number of ether oxygens (including phenoxy) is 16. The van der Waals surface area contributed by atoms with Crippen LogP contribution < -0.4 is 19.6 Å². The average Bonchev–Trinajstić information content (AvgIpc) is 0.810. The Morgan fingerprint density at radius 2 is 0.321 bits per heavy atom. The van der Waals surface area contributed by atoms with Crippen molar-refractivity contribution in [3.63, 3.8) is 0 Å². The monoisotopic (exact) mass is 1470 g/mol. The lowest BCUT2D eigenvalue weighted by Gasteiger charge is -2.25. The van der Waals surface area contributed by atoms with Gasteiger partial charge in [-0.15, -0.1) is 0 Å². The highest BCUT2D eigenvalue weighted by molar-refractivity contribution is 5.87. The van der Waals surface area contributed by atoms with Crippen molar-refractivity contribution in [2.75, 3.05) is 283 Å². The maximum absolute atomic E-state index is 6.00. The predicted molar refractivity (Wildman–Crippen MR) is 435 cm³/mol. The van der Waals surface area contributed by atoms with Crippen molar-refractivity contribution < 1.29 is 75.8 Å². The topological polar surface area (TPSA) is 161 Å². The molecule has 0 unspecified atom stereocenters. The van der Waals surface area contributed by atoms with Gasteiger partial charge in [-0.1, -0.05) is 97.1 Å². The van der Waals surface area contributed by atoms with E-state index < -0.39 is 0 Å². The zero-order valence-corrected chi connectivity index (χ0v) is 65.6. The number of rotatable bonds is 68. The summed E-state index contributed by atoms with van der Waals surface area (Å²) in [6, 6.07) is 39.5. The molecule has 0 atom stereocenters. The lowest BCUT2D eigenvalue weighted by Crippen LogP contribution is -2.31. The van der Waals surface area contributed by atoms with Crippen LogP contribution in [-0.2, 0) is 75.8 Å². The van der Waals surface area contributed by atoms with E-state index in [9.17, 15) is 0 Å². The van der Waals surface area contributed by atoms with Crippen LogP contribution in [0.15, 0.2) is 109 Å². The summed E-state index contributed by atoms with van der Waals surface area (Å²) in [7, 11) is 0. The molecule has 0 N–H and O–H groups in total. The smallest absolute Gasteiger partial charge is 0.0701 e. The fourth-order valence-corrected chi connectivity index (χ4v) is 11.0. The normalized spacial score (nSPS) is 11.8. The summed E-state index contributed by atoms with van der Waals surface area (Å²) in [6.07, 6.45) is 17.7. The lowest BCUT2D eigenvalue weighted by atomic mass is 9.95. The van der Waals surface area contributed by atoms with Crippen LogP contribution in [0.25, 0.3) is 48.6 Å². The fraction of sp³-hybridized carbons (Fsp3) is 0.558. The Labute approximate surface area is 636 Å². The van der Waals surface area contributed by atoms with Gasteiger partial charge in [0.2, 0.25) is 0 Å². The van der Waals surface area contributed by atoms with Gasteiger partial charge < -0.3 is 95.4 Å². The molecule has 0 fully saturated rings. The Balaban J connectivity index is 1.59. The first-order chi connectivity index (χ1) is 52.4. The molecule has 0 heterocycles. The summed E-state index contributed by atoms with van der Waals surface area (Å²) in [6.45, 7) is 40.5. The lowest BCUT2D eigenvalue weighted by molar-refractivity contribution is 0.0505. The number of hydrogen-bond donors (Lipinski definition) is 0. The highest BCUT2D eigenvalue weighted by Gasteiger charge is 2.14. The first kappa shape index (κ1) is 90.2. The van der Waals surface area contributed by atoms with Crippen LogP contribution >= 0.6 is 0 Å². The molecule has 20 heteroatoms. The van der Waals surface area contributed by atoms with Gasteiger partial charge in [0.15, 0.2) is 0 Å². The predicted octanol–water partition coefficient (Wildman–Crippen LogP) is 14.0. The van der Waals surface area contributed by atoms with Gasteiger partial charge in [0.1, 0.15) is 0 Å². The molecule has 5 aromatic rings. The third-order valence-electron chi connectivity index (χ3n) is 16.8. The van der Waals surface area contributed by atoms with Gasteiger partial charge in [-0.25, -0.2) is 0 Å². The Kier molecular flexibility index (Phi) is 52.4. The van der Waals surface area contributed by atoms with Gasteiger partial charge in [-0.3, -0.25) is 0 Å². The van der Waals surface area contributed by atoms with Gasteiger partial charge >= 0.3 is 0 Å². The quantitative estimate of drug-likeness (QED) is 0.0267. The third-order valence-corrected chi connectivity index (χ3v) is 16.8. The molecule has 0 aliphatic heterocycles. The standard InChI is InChI=1S/C86H130N4O16/c1-9-91-57-65-99-49-41-87(42-50-100-66-58-92-10-2)83-33-21-75(22-34-83)17-29-79-73-81(31-19-77-25-37-85(38-26-77)89(45-53-103-69-61-95-13-5)46-54-104-70-62-96-14-6)82(32-20-78-27-39-86(40-28-78)90(47-55-105-71-63-97-15-7)48-56-106-72-64-98-16-8)74-80(79)30-18-76-23-35-84(36-24-76)88(43-51-101-67-59-93-11-3)44-52-102-68-60-94-12-4/h17-40,73-74H,9-16,41-72H2,1-8H3/b29-17+,30-18+,31-19+,32-20+. The second-order valence-electron chi connectivity index (χ2n) is 24.2. The Hall–Kier alpha value is -6.38. The molecule has 590 valence electrons. The summed E-state index contributed by atoms with van der Waals surface area (Å²) < 4.78 is 92.3. The van der Waals surface area contributed by atoms with Crippen LogP contribution in [0.5, 0.6) is 0 Å². The Bertz CT molecular complexity index is 2560. The van der Waals surface area contributed by atoms with Gasteiger partial charge in [-0.05, 0) is 161 Å². The molecular weight excluding hydrogens is 1340 g/mol. The van der Waals surface area contributed by atoms with Crippen LogP contribution in [0.4, 0.5) is 22.7 Å². The van der Waals surface area contributed by atoms with Crippen molar-refractivity contribution in [2.45, 2.75) is 55.4 Å². The summed E-state index contributed by atoms with van der Waals surface area (Å²) in [5.74, 6) is 0. The molecule has 0 radical (unpaired) electrons. The highest BCUT2D eigenvalue weighted by Crippen LogP contribution is 2.28. The highest BCUT2D eigenvalue weighted by atomic mass is 16.6. The van der Waals surface area contributed by atoms with Gasteiger partial charge in [0, 0.05) is 128 Å². The second-order valence-corrected chi connectivity index (χ2v) is 24.2. The molecule has 5 aromatic carbocycles. The molecule has 20 nitrogen and oxygen atoms in total. The second kappa shape index (κ2) is 61.5. The van der Waals surface area contributed by atoms with Crippen LogP contribution in [0, 0.1) is 0 Å². The molecule has 0 saturated carbocycles. The minimum absolute atomic E-state index is 0.548. The van der Waals surface area contributed by atoms with Crippen molar-refractivity contribution in [3.8, 4) is 0 Å². The van der Waals surface area contributed by atoms with Crippen LogP contribution in [0.3, 0.4) is 0 Å². The van der Waals surface area contributed by atoms with Crippen molar-refractivity contribution in [1.29, 1.82) is 0 Å². The molecule has 106 heavy (non-hydrogen) atoms. The maximum atomic E-state index is 6.00. The van der Waals surface area contributed by atoms with Crippen LogP contribution in [0.2, 0.25) is 0 Å². The van der Waals surface area contributed by atoms with Gasteiger partial charge in [-0.2, -0.15) is 0 Å². The minimum atomic E-state index is 0.548. The van der Waals surface area contributed by atoms with E-state index in [1.807, 2.05) is 55.4 Å². The van der Waals surface area contributed by atoms with E-state index in [-0.39, 0.29) is 0 Å². The minimum Gasteiger partial charge on any atom is -0.379 e. The van der Waals surface area contributed by atoms with Crippen molar-refractivity contribution in [3.05, 3.63) is 154 Å². The van der Waals surface area contributed by atoms with Gasteiger partial charge in [0.25, 0.3) is 0 Å². The van der Waals surface area contributed by atoms with Gasteiger partial charge in [0.05, 0.1) is 159 Å². The van der Waals surface area contributed by atoms with Crippen molar-refractivity contribution >= 4 is 71.4 Å². The van der Waals surface area contributed by atoms with E-state index in [0.717, 1.165) is 67.3 Å². The molecular formula is C86H130N4O16. The molecule has 0 aliphatic rings. The molecule has 0 amide bonds. The zero-order valence-electron chi connectivity index (χ0n) is 65.6. The van der Waals surface area contributed by atoms with Crippen molar-refractivity contribution in [2.24, 2.45) is 0 Å². The molecule has 0 aliphatic carbocycles. The van der Waals surface area contributed by atoms with E-state index in [2.05, 4.69) is 177 Å². The van der Waals surface area contributed by atoms with E-state index in [4.69, 9.17) is 75.8 Å². The van der Waals surface area contributed by atoms with E-state index in [1.165, 1.54) is 0 Å². The molecule has 0 aromatic heterocycles. The molecule has 5 rings (SSSR count). The number of anilines is 4. The zero-order chi connectivity index (χ0) is 75.2. The van der Waals surface area contributed by atoms with E-state index in [1.54, 1.807) is 0 Å². The van der Waals surface area contributed by atoms with Crippen molar-refractivity contribution in [1.82, 2.24) is 0 Å². The fourth-order valence-electron chi connectivity index (χ4n) is 11.0. The van der Waals surface area contributed by atoms with E-state index >= 15 is 0 Å². The van der Waals surface area contributed by atoms with Crippen LogP contribution in [-0.4, -0.2) is 264 Å². The summed E-state index contributed by atoms with van der Waals surface area (Å²) >= 11 is 0. The summed E-state index contributed by atoms with van der Waals surface area (Å²) in [5.41, 5.74) is 12.8. The Morgan fingerprint density at radius 3 is 0.462 bits per heavy atom. The molecule has 0 saturated heterocycles. The first-order valence-electron chi connectivity index (χ1n) is 38.9. The largest absolute Gasteiger partial charge is 0.379 e.